The van der Waals surface area contributed by atoms with Crippen molar-refractivity contribution in [3.8, 4) is 0 Å². The number of fused-ring (bicyclic) bond motifs is 3. The van der Waals surface area contributed by atoms with Gasteiger partial charge in [0.05, 0.1) is 11.4 Å². The molecule has 0 radical (unpaired) electrons. The number of hydrogen-bond donors (Lipinski definition) is 1. The molecule has 1 unspecified atom stereocenters. The van der Waals surface area contributed by atoms with E-state index in [-0.39, 0.29) is 24.7 Å². The SMILES string of the molecule is O=C(CCC(=O)N1CC2CCCN2c2ccccc21)NCc1cccc(Cl)c1. The van der Waals surface area contributed by atoms with Gasteiger partial charge in [-0.2, -0.15) is 0 Å². The Kier molecular flexibility index (Phi) is 5.53. The highest BCUT2D eigenvalue weighted by atomic mass is 35.5. The van der Waals surface area contributed by atoms with Gasteiger partial charge >= 0.3 is 0 Å². The number of carbonyl (C=O) groups is 2. The summed E-state index contributed by atoms with van der Waals surface area (Å²) < 4.78 is 0. The van der Waals surface area contributed by atoms with Crippen molar-refractivity contribution in [1.82, 2.24) is 5.32 Å². The van der Waals surface area contributed by atoms with Crippen LogP contribution in [0.2, 0.25) is 5.02 Å². The van der Waals surface area contributed by atoms with Crippen molar-refractivity contribution >= 4 is 34.8 Å². The second-order valence-corrected chi connectivity index (χ2v) is 7.83. The van der Waals surface area contributed by atoms with Crippen LogP contribution in [0, 0.1) is 0 Å². The van der Waals surface area contributed by atoms with Crippen LogP contribution in [0.4, 0.5) is 11.4 Å². The second kappa shape index (κ2) is 8.23. The predicted molar refractivity (Wildman–Crippen MR) is 112 cm³/mol. The number of carbonyl (C=O) groups excluding carboxylic acids is 2. The molecule has 1 atom stereocenters. The Morgan fingerprint density at radius 3 is 2.71 bits per heavy atom. The lowest BCUT2D eigenvalue weighted by molar-refractivity contribution is -0.125. The number of hydrogen-bond acceptors (Lipinski definition) is 3. The molecule has 0 aromatic heterocycles. The van der Waals surface area contributed by atoms with Crippen LogP contribution in [-0.2, 0) is 16.1 Å². The van der Waals surface area contributed by atoms with E-state index < -0.39 is 0 Å². The summed E-state index contributed by atoms with van der Waals surface area (Å²) in [7, 11) is 0. The standard InChI is InChI=1S/C22H24ClN3O2/c23-17-6-3-5-16(13-17)14-24-21(27)10-11-22(28)26-15-18-7-4-12-25(18)19-8-1-2-9-20(19)26/h1-3,5-6,8-9,13,18H,4,7,10-12,14-15H2,(H,24,27). The van der Waals surface area contributed by atoms with Crippen LogP contribution in [0.15, 0.2) is 48.5 Å². The minimum atomic E-state index is -0.124. The molecule has 2 aromatic carbocycles. The molecule has 1 saturated heterocycles. The van der Waals surface area contributed by atoms with E-state index in [9.17, 15) is 9.59 Å². The molecular formula is C22H24ClN3O2. The van der Waals surface area contributed by atoms with Crippen molar-refractivity contribution in [1.29, 1.82) is 0 Å². The lowest BCUT2D eigenvalue weighted by atomic mass is 10.1. The van der Waals surface area contributed by atoms with E-state index in [1.165, 1.54) is 0 Å². The normalized spacial score (nSPS) is 17.8. The average molecular weight is 398 g/mol. The van der Waals surface area contributed by atoms with Gasteiger partial charge in [-0.1, -0.05) is 35.9 Å². The molecule has 2 amide bonds. The Morgan fingerprint density at radius 1 is 1.07 bits per heavy atom. The topological polar surface area (TPSA) is 52.7 Å². The number of nitrogens with zero attached hydrogens (tertiary/aromatic N) is 2. The molecule has 2 aliphatic heterocycles. The predicted octanol–water partition coefficient (Wildman–Crippen LogP) is 3.75. The molecule has 4 rings (SSSR count). The maximum atomic E-state index is 12.9. The third kappa shape index (κ3) is 3.99. The van der Waals surface area contributed by atoms with Crippen LogP contribution in [0.5, 0.6) is 0 Å². The third-order valence-corrected chi connectivity index (χ3v) is 5.73. The fourth-order valence-corrected chi connectivity index (χ4v) is 4.33. The molecule has 28 heavy (non-hydrogen) atoms. The number of para-hydroxylation sites is 2. The summed E-state index contributed by atoms with van der Waals surface area (Å²) in [6.45, 7) is 2.17. The number of nitrogens with one attached hydrogen (secondary N) is 1. The Hall–Kier alpha value is -2.53. The van der Waals surface area contributed by atoms with Gasteiger partial charge in [-0.25, -0.2) is 0 Å². The van der Waals surface area contributed by atoms with Crippen molar-refractivity contribution in [2.45, 2.75) is 38.3 Å². The second-order valence-electron chi connectivity index (χ2n) is 7.39. The minimum Gasteiger partial charge on any atom is -0.365 e. The van der Waals surface area contributed by atoms with E-state index in [1.807, 2.05) is 41.3 Å². The van der Waals surface area contributed by atoms with E-state index in [4.69, 9.17) is 11.6 Å². The van der Waals surface area contributed by atoms with E-state index in [1.54, 1.807) is 6.07 Å². The highest BCUT2D eigenvalue weighted by Gasteiger charge is 2.35. The Balaban J connectivity index is 1.35. The molecule has 5 nitrogen and oxygen atoms in total. The molecule has 1 fully saturated rings. The number of anilines is 2. The van der Waals surface area contributed by atoms with Crippen LogP contribution in [0.25, 0.3) is 0 Å². The van der Waals surface area contributed by atoms with Crippen molar-refractivity contribution in [3.63, 3.8) is 0 Å². The van der Waals surface area contributed by atoms with Gasteiger partial charge in [-0.15, -0.1) is 0 Å². The van der Waals surface area contributed by atoms with Crippen molar-refractivity contribution < 1.29 is 9.59 Å². The van der Waals surface area contributed by atoms with Crippen LogP contribution >= 0.6 is 11.6 Å². The summed E-state index contributed by atoms with van der Waals surface area (Å²) in [5.74, 6) is -0.113. The highest BCUT2D eigenvalue weighted by molar-refractivity contribution is 6.30. The maximum Gasteiger partial charge on any atom is 0.227 e. The maximum absolute atomic E-state index is 12.9. The average Bonchev–Trinajstić information content (AvgIpc) is 3.19. The molecule has 146 valence electrons. The monoisotopic (exact) mass is 397 g/mol. The van der Waals surface area contributed by atoms with Gasteiger partial charge in [-0.3, -0.25) is 9.59 Å². The first-order valence-electron chi connectivity index (χ1n) is 9.79. The number of benzene rings is 2. The molecular weight excluding hydrogens is 374 g/mol. The van der Waals surface area contributed by atoms with Gasteiger partial charge in [0, 0.05) is 43.5 Å². The lowest BCUT2D eigenvalue weighted by Gasteiger charge is -2.40. The van der Waals surface area contributed by atoms with E-state index in [2.05, 4.69) is 16.3 Å². The first-order chi connectivity index (χ1) is 13.6. The number of halogens is 1. The fourth-order valence-electron chi connectivity index (χ4n) is 4.11. The van der Waals surface area contributed by atoms with Gasteiger partial charge in [0.25, 0.3) is 0 Å². The zero-order chi connectivity index (χ0) is 19.5. The fraction of sp³-hybridized carbons (Fsp3) is 0.364. The minimum absolute atomic E-state index is 0.0110. The smallest absolute Gasteiger partial charge is 0.227 e. The number of rotatable bonds is 5. The quantitative estimate of drug-likeness (QED) is 0.835. The summed E-state index contributed by atoms with van der Waals surface area (Å²) in [6.07, 6.45) is 2.67. The first kappa shape index (κ1) is 18.8. The van der Waals surface area contributed by atoms with Crippen molar-refractivity contribution in [3.05, 3.63) is 59.1 Å². The number of amides is 2. The van der Waals surface area contributed by atoms with Gasteiger partial charge in [0.2, 0.25) is 11.8 Å². The van der Waals surface area contributed by atoms with Crippen LogP contribution in [-0.4, -0.2) is 30.9 Å². The Morgan fingerprint density at radius 2 is 1.89 bits per heavy atom. The molecule has 0 spiro atoms. The molecule has 1 N–H and O–H groups in total. The van der Waals surface area contributed by atoms with Crippen LogP contribution in [0.3, 0.4) is 0 Å². The van der Waals surface area contributed by atoms with E-state index in [0.717, 1.165) is 36.3 Å². The molecule has 6 heteroatoms. The van der Waals surface area contributed by atoms with Gasteiger partial charge in [0.1, 0.15) is 0 Å². The molecule has 2 aromatic rings. The first-order valence-corrected chi connectivity index (χ1v) is 10.2. The molecule has 2 heterocycles. The third-order valence-electron chi connectivity index (χ3n) is 5.50. The molecule has 0 aliphatic carbocycles. The lowest BCUT2D eigenvalue weighted by Crippen LogP contribution is -2.48. The summed E-state index contributed by atoms with van der Waals surface area (Å²) in [5.41, 5.74) is 3.04. The largest absolute Gasteiger partial charge is 0.365 e. The van der Waals surface area contributed by atoms with E-state index >= 15 is 0 Å². The summed E-state index contributed by atoms with van der Waals surface area (Å²) in [5, 5.41) is 3.51. The van der Waals surface area contributed by atoms with Gasteiger partial charge in [-0.05, 0) is 42.7 Å². The van der Waals surface area contributed by atoms with Gasteiger partial charge < -0.3 is 15.1 Å². The summed E-state index contributed by atoms with van der Waals surface area (Å²) in [6, 6.07) is 15.8. The molecule has 2 aliphatic rings. The van der Waals surface area contributed by atoms with Crippen molar-refractivity contribution in [2.24, 2.45) is 0 Å². The Bertz CT molecular complexity index is 886. The van der Waals surface area contributed by atoms with Crippen LogP contribution < -0.4 is 15.1 Å². The van der Waals surface area contributed by atoms with Crippen LogP contribution in [0.1, 0.15) is 31.2 Å². The Labute approximate surface area is 170 Å². The highest BCUT2D eigenvalue weighted by Crippen LogP contribution is 2.39. The summed E-state index contributed by atoms with van der Waals surface area (Å²) >= 11 is 5.96. The molecule has 0 saturated carbocycles. The zero-order valence-corrected chi connectivity index (χ0v) is 16.5. The zero-order valence-electron chi connectivity index (χ0n) is 15.7. The summed E-state index contributed by atoms with van der Waals surface area (Å²) in [4.78, 5) is 29.4. The van der Waals surface area contributed by atoms with E-state index in [0.29, 0.717) is 24.2 Å². The van der Waals surface area contributed by atoms with Crippen molar-refractivity contribution in [2.75, 3.05) is 22.9 Å². The molecule has 0 bridgehead atoms. The van der Waals surface area contributed by atoms with Gasteiger partial charge in [0.15, 0.2) is 0 Å².